The molecule has 0 bridgehead atoms. The summed E-state index contributed by atoms with van der Waals surface area (Å²) >= 11 is 18.0. The molecule has 2 aromatic rings. The highest BCUT2D eigenvalue weighted by molar-refractivity contribution is 6.43. The van der Waals surface area contributed by atoms with Gasteiger partial charge in [0, 0.05) is 24.4 Å². The van der Waals surface area contributed by atoms with E-state index in [0.29, 0.717) is 33.2 Å². The molecule has 2 rings (SSSR count). The maximum atomic E-state index is 6.11. The second-order valence-corrected chi connectivity index (χ2v) is 5.78. The molecular weight excluding hydrogens is 331 g/mol. The van der Waals surface area contributed by atoms with E-state index in [4.69, 9.17) is 45.3 Å². The van der Waals surface area contributed by atoms with Gasteiger partial charge in [0.1, 0.15) is 5.75 Å². The molecule has 2 N–H and O–H groups in total. The van der Waals surface area contributed by atoms with Crippen LogP contribution in [-0.4, -0.2) is 4.98 Å². The van der Waals surface area contributed by atoms with Crippen LogP contribution < -0.4 is 10.5 Å². The van der Waals surface area contributed by atoms with Crippen LogP contribution in [0.2, 0.25) is 15.1 Å². The molecule has 0 aliphatic carbocycles. The molecule has 6 heteroatoms. The van der Waals surface area contributed by atoms with Crippen molar-refractivity contribution in [2.45, 2.75) is 26.3 Å². The number of aromatic nitrogens is 1. The van der Waals surface area contributed by atoms with Crippen LogP contribution in [0.1, 0.15) is 24.6 Å². The van der Waals surface area contributed by atoms with Crippen LogP contribution in [-0.2, 0) is 13.0 Å². The summed E-state index contributed by atoms with van der Waals surface area (Å²) in [6.45, 7) is 2.51. The first-order chi connectivity index (χ1) is 10.0. The van der Waals surface area contributed by atoms with E-state index >= 15 is 0 Å². The van der Waals surface area contributed by atoms with Crippen molar-refractivity contribution in [1.82, 2.24) is 4.98 Å². The number of benzene rings is 1. The van der Waals surface area contributed by atoms with Crippen LogP contribution in [0.15, 0.2) is 24.3 Å². The second kappa shape index (κ2) is 7.32. The lowest BCUT2D eigenvalue weighted by Crippen LogP contribution is -2.01. The van der Waals surface area contributed by atoms with Gasteiger partial charge in [-0.3, -0.25) is 0 Å². The van der Waals surface area contributed by atoms with Crippen LogP contribution in [0.3, 0.4) is 0 Å². The summed E-state index contributed by atoms with van der Waals surface area (Å²) < 4.78 is 5.73. The minimum atomic E-state index is 0.375. The SMILES string of the molecule is CCCc1cc(CN)cc(Oc2cc(Cl)c(Cl)cc2Cl)n1. The molecule has 0 saturated carbocycles. The van der Waals surface area contributed by atoms with Crippen molar-refractivity contribution in [1.29, 1.82) is 0 Å². The van der Waals surface area contributed by atoms with Crippen molar-refractivity contribution < 1.29 is 4.74 Å². The van der Waals surface area contributed by atoms with Gasteiger partial charge in [-0.15, -0.1) is 0 Å². The zero-order valence-corrected chi connectivity index (χ0v) is 13.8. The summed E-state index contributed by atoms with van der Waals surface area (Å²) in [6.07, 6.45) is 1.85. The van der Waals surface area contributed by atoms with Gasteiger partial charge >= 0.3 is 0 Å². The van der Waals surface area contributed by atoms with E-state index in [0.717, 1.165) is 24.1 Å². The van der Waals surface area contributed by atoms with Gasteiger partial charge in [-0.2, -0.15) is 0 Å². The van der Waals surface area contributed by atoms with Gasteiger partial charge in [0.15, 0.2) is 0 Å². The maximum absolute atomic E-state index is 6.11. The zero-order valence-electron chi connectivity index (χ0n) is 11.5. The third-order valence-electron chi connectivity index (χ3n) is 2.85. The lowest BCUT2D eigenvalue weighted by atomic mass is 10.1. The molecule has 1 aromatic heterocycles. The first kappa shape index (κ1) is 16.4. The molecule has 1 aromatic carbocycles. The standard InChI is InChI=1S/C15H15Cl3N2O/c1-2-3-10-4-9(8-19)5-15(20-10)21-14-7-12(17)11(16)6-13(14)18/h4-7H,2-3,8,19H2,1H3. The zero-order chi connectivity index (χ0) is 15.4. The van der Waals surface area contributed by atoms with Crippen molar-refractivity contribution in [3.05, 3.63) is 50.6 Å². The van der Waals surface area contributed by atoms with E-state index in [1.54, 1.807) is 18.2 Å². The van der Waals surface area contributed by atoms with E-state index in [1.165, 1.54) is 0 Å². The minimum absolute atomic E-state index is 0.375. The Kier molecular flexibility index (Phi) is 5.71. The first-order valence-corrected chi connectivity index (χ1v) is 7.69. The number of nitrogens with zero attached hydrogens (tertiary/aromatic N) is 1. The number of nitrogens with two attached hydrogens (primary N) is 1. The molecule has 0 amide bonds. The number of pyridine rings is 1. The van der Waals surface area contributed by atoms with E-state index in [9.17, 15) is 0 Å². The molecule has 0 saturated heterocycles. The summed E-state index contributed by atoms with van der Waals surface area (Å²) in [5.41, 5.74) is 7.60. The summed E-state index contributed by atoms with van der Waals surface area (Å²) in [5.74, 6) is 0.858. The molecule has 21 heavy (non-hydrogen) atoms. The predicted octanol–water partition coefficient (Wildman–Crippen LogP) is 5.25. The highest BCUT2D eigenvalue weighted by Crippen LogP contribution is 2.36. The van der Waals surface area contributed by atoms with E-state index < -0.39 is 0 Å². The van der Waals surface area contributed by atoms with Crippen molar-refractivity contribution in [3.63, 3.8) is 0 Å². The fourth-order valence-corrected chi connectivity index (χ4v) is 2.45. The van der Waals surface area contributed by atoms with Crippen LogP contribution in [0.4, 0.5) is 0 Å². The highest BCUT2D eigenvalue weighted by atomic mass is 35.5. The van der Waals surface area contributed by atoms with E-state index in [2.05, 4.69) is 11.9 Å². The van der Waals surface area contributed by atoms with Crippen molar-refractivity contribution in [3.8, 4) is 11.6 Å². The third-order valence-corrected chi connectivity index (χ3v) is 3.86. The van der Waals surface area contributed by atoms with Gasteiger partial charge in [0.05, 0.1) is 15.1 Å². The molecule has 0 aliphatic heterocycles. The number of ether oxygens (including phenoxy) is 1. The van der Waals surface area contributed by atoms with Crippen molar-refractivity contribution in [2.24, 2.45) is 5.73 Å². The van der Waals surface area contributed by atoms with Crippen LogP contribution in [0, 0.1) is 0 Å². The molecule has 0 radical (unpaired) electrons. The summed E-state index contributed by atoms with van der Waals surface area (Å²) in [5, 5.41) is 1.13. The van der Waals surface area contributed by atoms with Gasteiger partial charge in [0.2, 0.25) is 5.88 Å². The number of halogens is 3. The fourth-order valence-electron chi connectivity index (χ4n) is 1.87. The van der Waals surface area contributed by atoms with Gasteiger partial charge < -0.3 is 10.5 Å². The average molecular weight is 346 g/mol. The van der Waals surface area contributed by atoms with E-state index in [-0.39, 0.29) is 0 Å². The molecule has 0 unspecified atom stereocenters. The fraction of sp³-hybridized carbons (Fsp3) is 0.267. The number of hydrogen-bond donors (Lipinski definition) is 1. The van der Waals surface area contributed by atoms with E-state index in [1.807, 2.05) is 6.07 Å². The molecule has 112 valence electrons. The normalized spacial score (nSPS) is 10.7. The summed E-state index contributed by atoms with van der Waals surface area (Å²) in [6, 6.07) is 6.88. The molecule has 0 fully saturated rings. The Morgan fingerprint density at radius 2 is 1.76 bits per heavy atom. The number of rotatable bonds is 5. The molecule has 1 heterocycles. The van der Waals surface area contributed by atoms with Crippen molar-refractivity contribution in [2.75, 3.05) is 0 Å². The van der Waals surface area contributed by atoms with Crippen molar-refractivity contribution >= 4 is 34.8 Å². The van der Waals surface area contributed by atoms with Gasteiger partial charge in [-0.1, -0.05) is 48.1 Å². The topological polar surface area (TPSA) is 48.1 Å². The molecule has 0 atom stereocenters. The Morgan fingerprint density at radius 1 is 1.05 bits per heavy atom. The summed E-state index contributed by atoms with van der Waals surface area (Å²) in [7, 11) is 0. The lowest BCUT2D eigenvalue weighted by Gasteiger charge is -2.11. The minimum Gasteiger partial charge on any atom is -0.437 e. The molecule has 3 nitrogen and oxygen atoms in total. The Labute approximate surface area is 139 Å². The predicted molar refractivity (Wildman–Crippen MR) is 87.7 cm³/mol. The third kappa shape index (κ3) is 4.24. The molecule has 0 aliphatic rings. The Morgan fingerprint density at radius 3 is 2.43 bits per heavy atom. The second-order valence-electron chi connectivity index (χ2n) is 4.56. The van der Waals surface area contributed by atoms with Crippen LogP contribution >= 0.6 is 34.8 Å². The quantitative estimate of drug-likeness (QED) is 0.753. The average Bonchev–Trinajstić information content (AvgIpc) is 2.45. The largest absolute Gasteiger partial charge is 0.437 e. The van der Waals surface area contributed by atoms with Crippen LogP contribution in [0.5, 0.6) is 11.6 Å². The lowest BCUT2D eigenvalue weighted by molar-refractivity contribution is 0.460. The number of aryl methyl sites for hydroxylation is 1. The highest BCUT2D eigenvalue weighted by Gasteiger charge is 2.10. The first-order valence-electron chi connectivity index (χ1n) is 6.55. The monoisotopic (exact) mass is 344 g/mol. The van der Waals surface area contributed by atoms with Gasteiger partial charge in [-0.25, -0.2) is 4.98 Å². The smallest absolute Gasteiger partial charge is 0.219 e. The Hall–Kier alpha value is -1.000. The van der Waals surface area contributed by atoms with Crippen LogP contribution in [0.25, 0.3) is 0 Å². The van der Waals surface area contributed by atoms with Gasteiger partial charge in [0.25, 0.3) is 0 Å². The Balaban J connectivity index is 2.34. The molecule has 0 spiro atoms. The van der Waals surface area contributed by atoms with Gasteiger partial charge in [-0.05, 0) is 24.1 Å². The maximum Gasteiger partial charge on any atom is 0.219 e. The number of hydrogen-bond acceptors (Lipinski definition) is 3. The molecular formula is C15H15Cl3N2O. The summed E-state index contributed by atoms with van der Waals surface area (Å²) in [4.78, 5) is 4.45. The Bertz CT molecular complexity index is 647.